The van der Waals surface area contributed by atoms with E-state index in [2.05, 4.69) is 5.32 Å². The highest BCUT2D eigenvalue weighted by atomic mass is 16.5. The quantitative estimate of drug-likeness (QED) is 0.640. The Balaban J connectivity index is 1.47. The molecule has 2 unspecified atom stereocenters. The van der Waals surface area contributed by atoms with Crippen molar-refractivity contribution >= 4 is 17.5 Å². The van der Waals surface area contributed by atoms with E-state index in [0.717, 1.165) is 18.4 Å². The molecule has 2 atom stereocenters. The summed E-state index contributed by atoms with van der Waals surface area (Å²) in [6.45, 7) is 0.973. The van der Waals surface area contributed by atoms with Gasteiger partial charge in [-0.1, -0.05) is 12.1 Å². The molecule has 0 aliphatic carbocycles. The van der Waals surface area contributed by atoms with Gasteiger partial charge < -0.3 is 34.3 Å². The molecule has 2 aliphatic heterocycles. The van der Waals surface area contributed by atoms with Gasteiger partial charge in [0, 0.05) is 30.5 Å². The van der Waals surface area contributed by atoms with Gasteiger partial charge >= 0.3 is 0 Å². The second-order valence-corrected chi connectivity index (χ2v) is 8.27. The highest BCUT2D eigenvalue weighted by Gasteiger charge is 2.41. The number of amides is 2. The van der Waals surface area contributed by atoms with E-state index >= 15 is 0 Å². The maximum Gasteiger partial charge on any atom is 0.255 e. The van der Waals surface area contributed by atoms with Crippen LogP contribution in [-0.4, -0.2) is 74.6 Å². The van der Waals surface area contributed by atoms with Crippen LogP contribution in [0.3, 0.4) is 0 Å². The molecule has 2 fully saturated rings. The highest BCUT2D eigenvalue weighted by molar-refractivity contribution is 6.04. The molecular formula is C25H30N2O7. The molecule has 9 heteroatoms. The molecule has 2 amide bonds. The maximum absolute atomic E-state index is 12.7. The topological polar surface area (TPSA) is 107 Å². The van der Waals surface area contributed by atoms with E-state index < -0.39 is 12.1 Å². The Labute approximate surface area is 198 Å². The van der Waals surface area contributed by atoms with E-state index in [1.54, 1.807) is 35.2 Å². The average molecular weight is 471 g/mol. The van der Waals surface area contributed by atoms with Crippen molar-refractivity contribution in [1.29, 1.82) is 0 Å². The van der Waals surface area contributed by atoms with Crippen LogP contribution in [0, 0.1) is 0 Å². The van der Waals surface area contributed by atoms with Crippen LogP contribution in [0.15, 0.2) is 42.5 Å². The molecule has 0 radical (unpaired) electrons. The fourth-order valence-electron chi connectivity index (χ4n) is 4.55. The van der Waals surface area contributed by atoms with Gasteiger partial charge in [-0.2, -0.15) is 0 Å². The number of carbonyl (C=O) groups excluding carboxylic acids is 2. The van der Waals surface area contributed by atoms with Crippen molar-refractivity contribution in [3.63, 3.8) is 0 Å². The zero-order valence-corrected chi connectivity index (χ0v) is 19.4. The Morgan fingerprint density at radius 1 is 1.09 bits per heavy atom. The number of aliphatic hydroxyl groups is 1. The SMILES string of the molecule is COc1ccc(C(=O)Nc2ccc(C3OCC(=O)N(C4CCOCC4)C3CO)cc2)cc1OC. The minimum Gasteiger partial charge on any atom is -0.493 e. The van der Waals surface area contributed by atoms with Gasteiger partial charge in [0.1, 0.15) is 12.7 Å². The van der Waals surface area contributed by atoms with Crippen molar-refractivity contribution < 1.29 is 33.6 Å². The van der Waals surface area contributed by atoms with Gasteiger partial charge in [-0.3, -0.25) is 9.59 Å². The van der Waals surface area contributed by atoms with Crippen molar-refractivity contribution in [2.24, 2.45) is 0 Å². The van der Waals surface area contributed by atoms with Gasteiger partial charge in [0.15, 0.2) is 11.5 Å². The van der Waals surface area contributed by atoms with E-state index in [1.807, 2.05) is 12.1 Å². The van der Waals surface area contributed by atoms with Crippen LogP contribution in [0.4, 0.5) is 5.69 Å². The van der Waals surface area contributed by atoms with Crippen LogP contribution >= 0.6 is 0 Å². The number of nitrogens with zero attached hydrogens (tertiary/aromatic N) is 1. The fraction of sp³-hybridized carbons (Fsp3) is 0.440. The van der Waals surface area contributed by atoms with Crippen molar-refractivity contribution in [1.82, 2.24) is 4.90 Å². The standard InChI is InChI=1S/C25H30N2O7/c1-31-21-8-5-17(13-22(21)32-2)25(30)26-18-6-3-16(4-7-18)24-20(14-28)27(23(29)15-34-24)19-9-11-33-12-10-19/h3-8,13,19-20,24,28H,9-12,14-15H2,1-2H3,(H,26,30). The Morgan fingerprint density at radius 2 is 1.79 bits per heavy atom. The molecule has 2 N–H and O–H groups in total. The van der Waals surface area contributed by atoms with E-state index in [0.29, 0.717) is 36.0 Å². The summed E-state index contributed by atoms with van der Waals surface area (Å²) in [5.41, 5.74) is 1.87. The Bertz CT molecular complexity index is 1000. The molecule has 182 valence electrons. The Kier molecular flexibility index (Phi) is 7.66. The van der Waals surface area contributed by atoms with E-state index in [-0.39, 0.29) is 31.1 Å². The van der Waals surface area contributed by atoms with Crippen LogP contribution in [0.5, 0.6) is 11.5 Å². The zero-order chi connectivity index (χ0) is 24.1. The maximum atomic E-state index is 12.7. The second-order valence-electron chi connectivity index (χ2n) is 8.27. The molecule has 0 aromatic heterocycles. The molecule has 0 saturated carbocycles. The zero-order valence-electron chi connectivity index (χ0n) is 19.4. The largest absolute Gasteiger partial charge is 0.493 e. The van der Waals surface area contributed by atoms with Gasteiger partial charge in [-0.25, -0.2) is 0 Å². The van der Waals surface area contributed by atoms with E-state index in [4.69, 9.17) is 18.9 Å². The summed E-state index contributed by atoms with van der Waals surface area (Å²) in [4.78, 5) is 27.1. The van der Waals surface area contributed by atoms with Crippen molar-refractivity contribution in [3.8, 4) is 11.5 Å². The molecule has 2 heterocycles. The van der Waals surface area contributed by atoms with E-state index in [1.165, 1.54) is 14.2 Å². The summed E-state index contributed by atoms with van der Waals surface area (Å²) >= 11 is 0. The Morgan fingerprint density at radius 3 is 2.44 bits per heavy atom. The lowest BCUT2D eigenvalue weighted by atomic mass is 9.95. The summed E-state index contributed by atoms with van der Waals surface area (Å²) in [5, 5.41) is 13.0. The third-order valence-electron chi connectivity index (χ3n) is 6.30. The lowest BCUT2D eigenvalue weighted by molar-refractivity contribution is -0.168. The van der Waals surface area contributed by atoms with Gasteiger partial charge in [0.2, 0.25) is 5.91 Å². The number of aliphatic hydroxyl groups excluding tert-OH is 1. The number of morpholine rings is 1. The number of nitrogens with one attached hydrogen (secondary N) is 1. The lowest BCUT2D eigenvalue weighted by Crippen LogP contribution is -2.57. The van der Waals surface area contributed by atoms with Crippen molar-refractivity contribution in [2.45, 2.75) is 31.0 Å². The molecule has 2 saturated heterocycles. The Hall–Kier alpha value is -3.14. The second kappa shape index (κ2) is 10.9. The van der Waals surface area contributed by atoms with Crippen LogP contribution in [0.2, 0.25) is 0 Å². The third-order valence-corrected chi connectivity index (χ3v) is 6.30. The minimum atomic E-state index is -0.475. The van der Waals surface area contributed by atoms with Gasteiger partial charge in [0.05, 0.1) is 26.9 Å². The molecule has 2 aromatic rings. The van der Waals surface area contributed by atoms with Gasteiger partial charge in [-0.05, 0) is 48.7 Å². The number of benzene rings is 2. The molecule has 0 bridgehead atoms. The van der Waals surface area contributed by atoms with Crippen LogP contribution in [0.25, 0.3) is 0 Å². The predicted octanol–water partition coefficient (Wildman–Crippen LogP) is 2.40. The smallest absolute Gasteiger partial charge is 0.255 e. The van der Waals surface area contributed by atoms with Crippen molar-refractivity contribution in [3.05, 3.63) is 53.6 Å². The average Bonchev–Trinajstić information content (AvgIpc) is 2.89. The van der Waals surface area contributed by atoms with Crippen molar-refractivity contribution in [2.75, 3.05) is 46.0 Å². The number of anilines is 1. The number of carbonyl (C=O) groups is 2. The van der Waals surface area contributed by atoms with Gasteiger partial charge in [0.25, 0.3) is 5.91 Å². The van der Waals surface area contributed by atoms with Crippen LogP contribution in [0.1, 0.15) is 34.9 Å². The summed E-state index contributed by atoms with van der Waals surface area (Å²) in [5.74, 6) is 0.620. The molecular weight excluding hydrogens is 440 g/mol. The molecule has 4 rings (SSSR count). The molecule has 2 aliphatic rings. The number of hydrogen-bond donors (Lipinski definition) is 2. The summed E-state index contributed by atoms with van der Waals surface area (Å²) < 4.78 is 21.8. The number of hydrogen-bond acceptors (Lipinski definition) is 7. The number of methoxy groups -OCH3 is 2. The molecule has 34 heavy (non-hydrogen) atoms. The molecule has 2 aromatic carbocycles. The number of rotatable bonds is 7. The summed E-state index contributed by atoms with van der Waals surface area (Å²) in [6.07, 6.45) is 1.03. The lowest BCUT2D eigenvalue weighted by Gasteiger charge is -2.45. The molecule has 9 nitrogen and oxygen atoms in total. The fourth-order valence-corrected chi connectivity index (χ4v) is 4.55. The first kappa shape index (κ1) is 24.0. The third kappa shape index (κ3) is 5.01. The monoisotopic (exact) mass is 470 g/mol. The normalized spacial score (nSPS) is 21.3. The van der Waals surface area contributed by atoms with Gasteiger partial charge in [-0.15, -0.1) is 0 Å². The van der Waals surface area contributed by atoms with Crippen LogP contribution < -0.4 is 14.8 Å². The highest BCUT2D eigenvalue weighted by Crippen LogP contribution is 2.33. The first-order chi connectivity index (χ1) is 16.5. The minimum absolute atomic E-state index is 0.0314. The first-order valence-corrected chi connectivity index (χ1v) is 11.3. The van der Waals surface area contributed by atoms with Crippen LogP contribution in [-0.2, 0) is 14.3 Å². The summed E-state index contributed by atoms with van der Waals surface area (Å²) in [7, 11) is 3.05. The molecule has 0 spiro atoms. The predicted molar refractivity (Wildman–Crippen MR) is 124 cm³/mol. The summed E-state index contributed by atoms with van der Waals surface area (Å²) in [6, 6.07) is 11.8. The number of ether oxygens (including phenoxy) is 4. The van der Waals surface area contributed by atoms with E-state index in [9.17, 15) is 14.7 Å². The first-order valence-electron chi connectivity index (χ1n) is 11.3.